The van der Waals surface area contributed by atoms with Crippen LogP contribution in [0.15, 0.2) is 57.8 Å². The van der Waals surface area contributed by atoms with Crippen LogP contribution in [-0.4, -0.2) is 30.1 Å². The molecular weight excluding hydrogens is 445 g/mol. The Morgan fingerprint density at radius 1 is 1.07 bits per heavy atom. The molecule has 0 aliphatic rings. The highest BCUT2D eigenvalue weighted by molar-refractivity contribution is 8.02. The Hall–Kier alpha value is -1.32. The average Bonchev–Trinajstić information content (AvgIpc) is 3.10. The molecular formula is C17H15Cl2N3O2S3. The lowest BCUT2D eigenvalue weighted by Crippen LogP contribution is -2.09. The molecule has 5 nitrogen and oxygen atoms in total. The number of sulfone groups is 1. The fraction of sp³-hybridized carbons (Fsp3) is 0.176. The quantitative estimate of drug-likeness (QED) is 0.476. The summed E-state index contributed by atoms with van der Waals surface area (Å²) in [7, 11) is -3.52. The van der Waals surface area contributed by atoms with Gasteiger partial charge in [0.1, 0.15) is 0 Å². The molecule has 2 aromatic carbocycles. The minimum atomic E-state index is -3.52. The maximum atomic E-state index is 12.5. The summed E-state index contributed by atoms with van der Waals surface area (Å²) in [5.41, 5.74) is 1.14. The van der Waals surface area contributed by atoms with E-state index in [-0.39, 0.29) is 15.7 Å². The van der Waals surface area contributed by atoms with Crippen LogP contribution in [0.2, 0.25) is 10.0 Å². The topological polar surface area (TPSA) is 72.0 Å². The molecule has 0 unspecified atom stereocenters. The summed E-state index contributed by atoms with van der Waals surface area (Å²) in [6.45, 7) is 0.655. The highest BCUT2D eigenvalue weighted by atomic mass is 35.5. The molecule has 0 radical (unpaired) electrons. The second-order valence-electron chi connectivity index (χ2n) is 5.45. The van der Waals surface area contributed by atoms with E-state index in [0.29, 0.717) is 26.8 Å². The van der Waals surface area contributed by atoms with Gasteiger partial charge in [-0.2, -0.15) is 0 Å². The number of halogens is 2. The van der Waals surface area contributed by atoms with Crippen LogP contribution in [-0.2, 0) is 16.4 Å². The van der Waals surface area contributed by atoms with Crippen molar-refractivity contribution in [2.24, 2.45) is 0 Å². The predicted molar refractivity (Wildman–Crippen MR) is 113 cm³/mol. The van der Waals surface area contributed by atoms with Crippen LogP contribution < -0.4 is 5.32 Å². The van der Waals surface area contributed by atoms with Gasteiger partial charge in [-0.3, -0.25) is 0 Å². The van der Waals surface area contributed by atoms with E-state index in [1.54, 1.807) is 6.07 Å². The van der Waals surface area contributed by atoms with Gasteiger partial charge in [-0.25, -0.2) is 8.42 Å². The van der Waals surface area contributed by atoms with Gasteiger partial charge in [-0.15, -0.1) is 10.2 Å². The summed E-state index contributed by atoms with van der Waals surface area (Å²) >= 11 is 14.6. The SMILES string of the molecule is O=S(=O)(CCSc1nnc(NCc2ccccc2)s1)c1cc(Cl)ccc1Cl. The molecule has 1 N–H and O–H groups in total. The lowest BCUT2D eigenvalue weighted by Gasteiger charge is -2.06. The van der Waals surface area contributed by atoms with E-state index in [1.807, 2.05) is 30.3 Å². The van der Waals surface area contributed by atoms with Crippen LogP contribution in [0, 0.1) is 0 Å². The van der Waals surface area contributed by atoms with E-state index < -0.39 is 9.84 Å². The molecule has 142 valence electrons. The largest absolute Gasteiger partial charge is 0.356 e. The first-order chi connectivity index (χ1) is 12.9. The number of rotatable bonds is 8. The number of nitrogens with zero attached hydrogens (tertiary/aromatic N) is 2. The van der Waals surface area contributed by atoms with Crippen molar-refractivity contribution in [3.05, 3.63) is 64.1 Å². The maximum Gasteiger partial charge on any atom is 0.206 e. The number of hydrogen-bond acceptors (Lipinski definition) is 7. The lowest BCUT2D eigenvalue weighted by molar-refractivity contribution is 0.597. The summed E-state index contributed by atoms with van der Waals surface area (Å²) in [5, 5.41) is 12.6. The van der Waals surface area contributed by atoms with Gasteiger partial charge in [0.05, 0.1) is 15.7 Å². The summed E-state index contributed by atoms with van der Waals surface area (Å²) in [4.78, 5) is 0.0553. The van der Waals surface area contributed by atoms with E-state index in [0.717, 1.165) is 5.56 Å². The first kappa shape index (κ1) is 20.4. The van der Waals surface area contributed by atoms with Gasteiger partial charge in [-0.1, -0.05) is 76.6 Å². The second kappa shape index (κ2) is 9.25. The van der Waals surface area contributed by atoms with Gasteiger partial charge in [0.15, 0.2) is 14.2 Å². The Bertz CT molecular complexity index is 1010. The molecule has 0 spiro atoms. The number of nitrogens with one attached hydrogen (secondary N) is 1. The zero-order chi connectivity index (χ0) is 19.3. The molecule has 0 bridgehead atoms. The Kier molecular flexibility index (Phi) is 6.99. The standard InChI is InChI=1S/C17H15Cl2N3O2S3/c18-13-6-7-14(19)15(10-13)27(23,24)9-8-25-17-22-21-16(26-17)20-11-12-4-2-1-3-5-12/h1-7,10H,8-9,11H2,(H,20,21). The minimum Gasteiger partial charge on any atom is -0.356 e. The van der Waals surface area contributed by atoms with E-state index >= 15 is 0 Å². The van der Waals surface area contributed by atoms with Crippen molar-refractivity contribution in [2.75, 3.05) is 16.8 Å². The highest BCUT2D eigenvalue weighted by Gasteiger charge is 2.19. The smallest absolute Gasteiger partial charge is 0.206 e. The minimum absolute atomic E-state index is 0.0553. The summed E-state index contributed by atoms with van der Waals surface area (Å²) in [6.07, 6.45) is 0. The van der Waals surface area contributed by atoms with Gasteiger partial charge >= 0.3 is 0 Å². The van der Waals surface area contributed by atoms with Crippen LogP contribution in [0.4, 0.5) is 5.13 Å². The maximum absolute atomic E-state index is 12.5. The van der Waals surface area contributed by atoms with Gasteiger partial charge in [0, 0.05) is 17.3 Å². The number of thioether (sulfide) groups is 1. The molecule has 0 aliphatic carbocycles. The van der Waals surface area contributed by atoms with E-state index in [9.17, 15) is 8.42 Å². The summed E-state index contributed by atoms with van der Waals surface area (Å²) in [6, 6.07) is 14.4. The molecule has 3 aromatic rings. The van der Waals surface area contributed by atoms with Crippen molar-refractivity contribution in [1.82, 2.24) is 10.2 Å². The third kappa shape index (κ3) is 5.83. The molecule has 27 heavy (non-hydrogen) atoms. The average molecular weight is 460 g/mol. The predicted octanol–water partition coefficient (Wildman–Crippen LogP) is 5.02. The van der Waals surface area contributed by atoms with Crippen LogP contribution in [0.1, 0.15) is 5.56 Å². The molecule has 0 saturated carbocycles. The molecule has 0 saturated heterocycles. The first-order valence-electron chi connectivity index (χ1n) is 7.86. The van der Waals surface area contributed by atoms with Crippen molar-refractivity contribution >= 4 is 61.3 Å². The van der Waals surface area contributed by atoms with E-state index in [2.05, 4.69) is 15.5 Å². The lowest BCUT2D eigenvalue weighted by atomic mass is 10.2. The molecule has 1 aromatic heterocycles. The molecule has 1 heterocycles. The van der Waals surface area contributed by atoms with E-state index in [4.69, 9.17) is 23.2 Å². The molecule has 0 atom stereocenters. The van der Waals surface area contributed by atoms with E-state index in [1.165, 1.54) is 35.2 Å². The number of hydrogen-bond donors (Lipinski definition) is 1. The van der Waals surface area contributed by atoms with Gasteiger partial charge in [-0.05, 0) is 23.8 Å². The van der Waals surface area contributed by atoms with Crippen LogP contribution in [0.3, 0.4) is 0 Å². The Morgan fingerprint density at radius 2 is 1.85 bits per heavy atom. The van der Waals surface area contributed by atoms with Crippen molar-refractivity contribution in [3.8, 4) is 0 Å². The fourth-order valence-electron chi connectivity index (χ4n) is 2.18. The van der Waals surface area contributed by atoms with Crippen molar-refractivity contribution < 1.29 is 8.42 Å². The fourth-order valence-corrected chi connectivity index (χ4v) is 6.46. The first-order valence-corrected chi connectivity index (χ1v) is 12.1. The third-order valence-electron chi connectivity index (χ3n) is 3.50. The van der Waals surface area contributed by atoms with Crippen molar-refractivity contribution in [2.45, 2.75) is 15.8 Å². The molecule has 0 amide bonds. The van der Waals surface area contributed by atoms with Gasteiger partial charge < -0.3 is 5.32 Å². The van der Waals surface area contributed by atoms with Crippen LogP contribution in [0.25, 0.3) is 0 Å². The van der Waals surface area contributed by atoms with Crippen molar-refractivity contribution in [3.63, 3.8) is 0 Å². The molecule has 3 rings (SSSR count). The van der Waals surface area contributed by atoms with Crippen LogP contribution >= 0.6 is 46.3 Å². The number of benzene rings is 2. The number of aromatic nitrogens is 2. The second-order valence-corrected chi connectivity index (χ2v) is 10.7. The van der Waals surface area contributed by atoms with Crippen molar-refractivity contribution in [1.29, 1.82) is 0 Å². The zero-order valence-corrected chi connectivity index (χ0v) is 17.9. The number of anilines is 1. The normalized spacial score (nSPS) is 11.5. The Balaban J connectivity index is 1.53. The van der Waals surface area contributed by atoms with Crippen LogP contribution in [0.5, 0.6) is 0 Å². The zero-order valence-electron chi connectivity index (χ0n) is 13.9. The van der Waals surface area contributed by atoms with Gasteiger partial charge in [0.2, 0.25) is 5.13 Å². The van der Waals surface area contributed by atoms with Gasteiger partial charge in [0.25, 0.3) is 0 Å². The summed E-state index contributed by atoms with van der Waals surface area (Å²) in [5.74, 6) is 0.280. The summed E-state index contributed by atoms with van der Waals surface area (Å²) < 4.78 is 25.6. The molecule has 10 heteroatoms. The molecule has 0 aliphatic heterocycles. The Morgan fingerprint density at radius 3 is 2.63 bits per heavy atom. The highest BCUT2D eigenvalue weighted by Crippen LogP contribution is 2.29. The third-order valence-corrected chi connectivity index (χ3v) is 8.20. The monoisotopic (exact) mass is 459 g/mol. The Labute approximate surface area is 176 Å². The molecule has 0 fully saturated rings.